The number of aliphatic hydroxyl groups is 4. The van der Waals surface area contributed by atoms with Gasteiger partial charge in [0.25, 0.3) is 0 Å². The van der Waals surface area contributed by atoms with Crippen LogP contribution in [-0.4, -0.2) is 99.1 Å². The van der Waals surface area contributed by atoms with Crippen molar-refractivity contribution >= 4 is 17.7 Å². The van der Waals surface area contributed by atoms with Gasteiger partial charge in [-0.15, -0.1) is 11.8 Å². The van der Waals surface area contributed by atoms with E-state index in [1.54, 1.807) is 6.26 Å². The third-order valence-corrected chi connectivity index (χ3v) is 6.51. The van der Waals surface area contributed by atoms with Gasteiger partial charge < -0.3 is 30.5 Å². The van der Waals surface area contributed by atoms with Crippen molar-refractivity contribution in [3.05, 3.63) is 0 Å². The van der Waals surface area contributed by atoms with Gasteiger partial charge in [0.05, 0.1) is 18.2 Å². The Morgan fingerprint density at radius 2 is 1.96 bits per heavy atom. The lowest BCUT2D eigenvalue weighted by Crippen LogP contribution is -2.65. The molecule has 1 unspecified atom stereocenters. The van der Waals surface area contributed by atoms with Gasteiger partial charge in [0.15, 0.2) is 0 Å². The largest absolute Gasteiger partial charge is 0.391 e. The SMILES string of the molecule is CCCC1C[C@@H](C(=O)N[C@@H]([C@H]2O[C@H](SC)[C@H](O)[C@@H](O)[C@H]2O)[C@@H](C)O)N(C)C1. The molecular weight excluding hydrogens is 372 g/mol. The van der Waals surface area contributed by atoms with Gasteiger partial charge in [-0.3, -0.25) is 9.69 Å². The highest BCUT2D eigenvalue weighted by Gasteiger charge is 2.48. The summed E-state index contributed by atoms with van der Waals surface area (Å²) in [5.41, 5.74) is -0.755. The van der Waals surface area contributed by atoms with E-state index in [0.717, 1.165) is 25.8 Å². The first-order chi connectivity index (χ1) is 12.7. The van der Waals surface area contributed by atoms with Gasteiger partial charge in [-0.05, 0) is 39.0 Å². The van der Waals surface area contributed by atoms with E-state index in [9.17, 15) is 25.2 Å². The van der Waals surface area contributed by atoms with Gasteiger partial charge >= 0.3 is 0 Å². The molecule has 2 saturated heterocycles. The predicted octanol–water partition coefficient (Wildman–Crippen LogP) is -0.857. The van der Waals surface area contributed by atoms with Crippen molar-refractivity contribution in [2.24, 2.45) is 5.92 Å². The van der Waals surface area contributed by atoms with E-state index >= 15 is 0 Å². The Bertz CT molecular complexity index is 494. The summed E-state index contributed by atoms with van der Waals surface area (Å²) in [6.45, 7) is 4.48. The number of hydrogen-bond donors (Lipinski definition) is 5. The molecule has 27 heavy (non-hydrogen) atoms. The molecule has 0 spiro atoms. The minimum Gasteiger partial charge on any atom is -0.391 e. The number of ether oxygens (including phenoxy) is 1. The first kappa shape index (κ1) is 22.9. The third-order valence-electron chi connectivity index (χ3n) is 5.66. The maximum absolute atomic E-state index is 12.8. The molecule has 0 aromatic carbocycles. The molecule has 2 rings (SSSR count). The highest BCUT2D eigenvalue weighted by atomic mass is 32.2. The number of likely N-dealkylation sites (tertiary alicyclic amines) is 1. The van der Waals surface area contributed by atoms with Crippen molar-refractivity contribution in [2.45, 2.75) is 81.1 Å². The number of likely N-dealkylation sites (N-methyl/N-ethyl adjacent to an activating group) is 1. The van der Waals surface area contributed by atoms with Gasteiger partial charge in [-0.25, -0.2) is 0 Å². The quantitative estimate of drug-likeness (QED) is 0.370. The Morgan fingerprint density at radius 3 is 2.52 bits per heavy atom. The Balaban J connectivity index is 2.09. The first-order valence-electron chi connectivity index (χ1n) is 9.62. The van der Waals surface area contributed by atoms with Crippen molar-refractivity contribution in [1.29, 1.82) is 0 Å². The molecule has 2 fully saturated rings. The summed E-state index contributed by atoms with van der Waals surface area (Å²) >= 11 is 1.20. The van der Waals surface area contributed by atoms with Gasteiger partial charge in [0.2, 0.25) is 5.91 Å². The van der Waals surface area contributed by atoms with Crippen LogP contribution >= 0.6 is 11.8 Å². The zero-order valence-electron chi connectivity index (χ0n) is 16.5. The maximum atomic E-state index is 12.8. The van der Waals surface area contributed by atoms with Crippen LogP contribution in [0.2, 0.25) is 0 Å². The van der Waals surface area contributed by atoms with Crippen LogP contribution in [0, 0.1) is 5.92 Å². The summed E-state index contributed by atoms with van der Waals surface area (Å²) in [6, 6.07) is -1.20. The molecule has 1 amide bonds. The lowest BCUT2D eigenvalue weighted by Gasteiger charge is -2.44. The lowest BCUT2D eigenvalue weighted by molar-refractivity contribution is -0.211. The summed E-state index contributed by atoms with van der Waals surface area (Å²) < 4.78 is 5.72. The molecule has 2 heterocycles. The van der Waals surface area contributed by atoms with Crippen LogP contribution in [0.25, 0.3) is 0 Å². The molecule has 2 aliphatic heterocycles. The number of amides is 1. The lowest BCUT2D eigenvalue weighted by atomic mass is 9.92. The monoisotopic (exact) mass is 406 g/mol. The molecule has 158 valence electrons. The molecule has 9 atom stereocenters. The van der Waals surface area contributed by atoms with Crippen LogP contribution in [0.5, 0.6) is 0 Å². The number of carbonyl (C=O) groups excluding carboxylic acids is 1. The molecular formula is C18H34N2O6S. The maximum Gasteiger partial charge on any atom is 0.237 e. The van der Waals surface area contributed by atoms with Crippen molar-refractivity contribution < 1.29 is 30.0 Å². The van der Waals surface area contributed by atoms with E-state index in [1.165, 1.54) is 18.7 Å². The Hall–Kier alpha value is -0.420. The number of aliphatic hydroxyl groups excluding tert-OH is 4. The van der Waals surface area contributed by atoms with E-state index in [4.69, 9.17) is 4.74 Å². The van der Waals surface area contributed by atoms with E-state index in [-0.39, 0.29) is 11.9 Å². The normalized spacial score (nSPS) is 39.9. The number of hydrogen-bond acceptors (Lipinski definition) is 8. The Morgan fingerprint density at radius 1 is 1.30 bits per heavy atom. The van der Waals surface area contributed by atoms with Gasteiger partial charge in [-0.1, -0.05) is 13.3 Å². The second kappa shape index (κ2) is 9.87. The fourth-order valence-corrected chi connectivity index (χ4v) is 4.81. The van der Waals surface area contributed by atoms with Crippen LogP contribution in [0.4, 0.5) is 0 Å². The van der Waals surface area contributed by atoms with Gasteiger partial charge in [-0.2, -0.15) is 0 Å². The minimum atomic E-state index is -1.42. The fraction of sp³-hybridized carbons (Fsp3) is 0.944. The van der Waals surface area contributed by atoms with E-state index in [2.05, 4.69) is 12.2 Å². The number of thioether (sulfide) groups is 1. The molecule has 0 saturated carbocycles. The van der Waals surface area contributed by atoms with Crippen LogP contribution < -0.4 is 5.32 Å². The van der Waals surface area contributed by atoms with Crippen LogP contribution in [0.1, 0.15) is 33.1 Å². The summed E-state index contributed by atoms with van der Waals surface area (Å²) in [5.74, 6) is 0.245. The highest BCUT2D eigenvalue weighted by Crippen LogP contribution is 2.30. The summed E-state index contributed by atoms with van der Waals surface area (Å²) in [5, 5.41) is 43.5. The fourth-order valence-electron chi connectivity index (χ4n) is 4.13. The van der Waals surface area contributed by atoms with Crippen LogP contribution in [0.3, 0.4) is 0 Å². The number of carbonyl (C=O) groups is 1. The minimum absolute atomic E-state index is 0.223. The first-order valence-corrected chi connectivity index (χ1v) is 10.9. The summed E-state index contributed by atoms with van der Waals surface area (Å²) in [4.78, 5) is 14.9. The average molecular weight is 407 g/mol. The number of rotatable bonds is 7. The molecule has 9 heteroatoms. The molecule has 2 aliphatic rings. The van der Waals surface area contributed by atoms with Crippen molar-refractivity contribution in [3.63, 3.8) is 0 Å². The molecule has 0 bridgehead atoms. The summed E-state index contributed by atoms with van der Waals surface area (Å²) in [6.07, 6.45) is -1.50. The van der Waals surface area contributed by atoms with Crippen LogP contribution in [-0.2, 0) is 9.53 Å². The smallest absolute Gasteiger partial charge is 0.237 e. The van der Waals surface area contributed by atoms with Gasteiger partial charge in [0.1, 0.15) is 29.9 Å². The zero-order chi connectivity index (χ0) is 20.3. The summed E-state index contributed by atoms with van der Waals surface area (Å²) in [7, 11) is 1.91. The molecule has 0 aromatic rings. The molecule has 5 N–H and O–H groups in total. The topological polar surface area (TPSA) is 122 Å². The Labute approximate surface area is 165 Å². The third kappa shape index (κ3) is 5.14. The molecule has 0 aromatic heterocycles. The number of nitrogens with one attached hydrogen (secondary N) is 1. The molecule has 8 nitrogen and oxygen atoms in total. The predicted molar refractivity (Wildman–Crippen MR) is 103 cm³/mol. The highest BCUT2D eigenvalue weighted by molar-refractivity contribution is 7.99. The van der Waals surface area contributed by atoms with E-state index < -0.39 is 42.0 Å². The van der Waals surface area contributed by atoms with Gasteiger partial charge in [0, 0.05) is 6.54 Å². The second-order valence-electron chi connectivity index (χ2n) is 7.80. The van der Waals surface area contributed by atoms with Crippen LogP contribution in [0.15, 0.2) is 0 Å². The second-order valence-corrected chi connectivity index (χ2v) is 8.73. The Kier molecular flexibility index (Phi) is 8.35. The standard InChI is InChI=1S/C18H34N2O6S/c1-5-6-10-7-11(20(3)8-10)17(25)19-12(9(2)21)16-14(23)13(22)15(24)18(26-16)27-4/h9-16,18,21-24H,5-8H2,1-4H3,(H,19,25)/t9-,10?,11+,12-,13+,14-,15-,16-,18-/m1/s1. The number of nitrogens with zero attached hydrogens (tertiary/aromatic N) is 1. The molecule has 0 aliphatic carbocycles. The molecule has 0 radical (unpaired) electrons. The van der Waals surface area contributed by atoms with E-state index in [1.807, 2.05) is 11.9 Å². The van der Waals surface area contributed by atoms with E-state index in [0.29, 0.717) is 5.92 Å². The zero-order valence-corrected chi connectivity index (χ0v) is 17.3. The average Bonchev–Trinajstić information content (AvgIpc) is 2.99. The van der Waals surface area contributed by atoms with Crippen molar-refractivity contribution in [2.75, 3.05) is 19.8 Å². The van der Waals surface area contributed by atoms with Crippen molar-refractivity contribution in [3.8, 4) is 0 Å². The van der Waals surface area contributed by atoms with Crippen molar-refractivity contribution in [1.82, 2.24) is 10.2 Å².